The van der Waals surface area contributed by atoms with Crippen LogP contribution in [0.4, 0.5) is 0 Å². The molecule has 16 heavy (non-hydrogen) atoms. The molecule has 1 atom stereocenters. The zero-order valence-corrected chi connectivity index (χ0v) is 11.2. The Morgan fingerprint density at radius 3 is 2.44 bits per heavy atom. The third kappa shape index (κ3) is 6.08. The van der Waals surface area contributed by atoms with Gasteiger partial charge < -0.3 is 16.0 Å². The van der Waals surface area contributed by atoms with E-state index in [4.69, 9.17) is 5.73 Å². The molecule has 0 bridgehead atoms. The van der Waals surface area contributed by atoms with Crippen molar-refractivity contribution in [1.82, 2.24) is 10.2 Å². The van der Waals surface area contributed by atoms with E-state index < -0.39 is 5.54 Å². The average Bonchev–Trinajstić information content (AvgIpc) is 2.17. The van der Waals surface area contributed by atoms with Crippen molar-refractivity contribution in [2.75, 3.05) is 27.2 Å². The summed E-state index contributed by atoms with van der Waals surface area (Å²) in [7, 11) is 4.03. The van der Waals surface area contributed by atoms with Crippen molar-refractivity contribution in [3.63, 3.8) is 0 Å². The van der Waals surface area contributed by atoms with Gasteiger partial charge in [-0.25, -0.2) is 0 Å². The number of likely N-dealkylation sites (N-methyl/N-ethyl adjacent to an activating group) is 1. The number of primary amides is 1. The van der Waals surface area contributed by atoms with Crippen LogP contribution in [0.2, 0.25) is 0 Å². The summed E-state index contributed by atoms with van der Waals surface area (Å²) < 4.78 is 0. The van der Waals surface area contributed by atoms with Gasteiger partial charge in [0.1, 0.15) is 0 Å². The fourth-order valence-corrected chi connectivity index (χ4v) is 1.58. The number of nitrogens with zero attached hydrogens (tertiary/aromatic N) is 1. The van der Waals surface area contributed by atoms with Gasteiger partial charge >= 0.3 is 0 Å². The van der Waals surface area contributed by atoms with E-state index in [0.29, 0.717) is 0 Å². The lowest BCUT2D eigenvalue weighted by atomic mass is 9.93. The number of hydrogen-bond acceptors (Lipinski definition) is 3. The fourth-order valence-electron chi connectivity index (χ4n) is 1.58. The molecule has 4 heteroatoms. The third-order valence-electron chi connectivity index (χ3n) is 2.90. The van der Waals surface area contributed by atoms with Crippen LogP contribution >= 0.6 is 0 Å². The summed E-state index contributed by atoms with van der Waals surface area (Å²) in [4.78, 5) is 13.5. The quantitative estimate of drug-likeness (QED) is 0.579. The number of carbonyl (C=O) groups is 1. The van der Waals surface area contributed by atoms with Gasteiger partial charge in [0.05, 0.1) is 5.54 Å². The van der Waals surface area contributed by atoms with Crippen molar-refractivity contribution in [2.45, 2.75) is 45.1 Å². The first-order chi connectivity index (χ1) is 7.42. The van der Waals surface area contributed by atoms with Crippen LogP contribution < -0.4 is 11.1 Å². The largest absolute Gasteiger partial charge is 0.368 e. The normalized spacial score (nSPS) is 15.1. The molecule has 0 fully saturated rings. The maximum atomic E-state index is 11.4. The van der Waals surface area contributed by atoms with Crippen molar-refractivity contribution >= 4 is 5.91 Å². The highest BCUT2D eigenvalue weighted by Crippen LogP contribution is 2.14. The minimum absolute atomic E-state index is 0.248. The van der Waals surface area contributed by atoms with E-state index in [1.54, 1.807) is 0 Å². The maximum absolute atomic E-state index is 11.4. The molecule has 0 saturated carbocycles. The number of carbonyl (C=O) groups excluding carboxylic acids is 1. The SMILES string of the molecule is CCCCCC(C)(NCCN(C)C)C(N)=O. The lowest BCUT2D eigenvalue weighted by molar-refractivity contribution is -0.124. The lowest BCUT2D eigenvalue weighted by Gasteiger charge is -2.28. The van der Waals surface area contributed by atoms with Crippen molar-refractivity contribution in [3.8, 4) is 0 Å². The lowest BCUT2D eigenvalue weighted by Crippen LogP contribution is -2.54. The van der Waals surface area contributed by atoms with Gasteiger partial charge in [0, 0.05) is 13.1 Å². The van der Waals surface area contributed by atoms with Crippen LogP contribution in [0, 0.1) is 0 Å². The van der Waals surface area contributed by atoms with E-state index in [2.05, 4.69) is 17.1 Å². The Morgan fingerprint density at radius 1 is 1.38 bits per heavy atom. The summed E-state index contributed by atoms with van der Waals surface area (Å²) in [6.07, 6.45) is 4.18. The van der Waals surface area contributed by atoms with Gasteiger partial charge in [0.25, 0.3) is 0 Å². The van der Waals surface area contributed by atoms with Gasteiger partial charge in [0.15, 0.2) is 0 Å². The highest BCUT2D eigenvalue weighted by atomic mass is 16.1. The minimum Gasteiger partial charge on any atom is -0.368 e. The van der Waals surface area contributed by atoms with E-state index in [9.17, 15) is 4.79 Å². The van der Waals surface area contributed by atoms with Crippen molar-refractivity contribution in [3.05, 3.63) is 0 Å². The van der Waals surface area contributed by atoms with Gasteiger partial charge in [-0.1, -0.05) is 26.2 Å². The number of amides is 1. The van der Waals surface area contributed by atoms with E-state index in [1.807, 2.05) is 21.0 Å². The number of rotatable bonds is 9. The van der Waals surface area contributed by atoms with Crippen LogP contribution in [0.5, 0.6) is 0 Å². The monoisotopic (exact) mass is 229 g/mol. The second-order valence-electron chi connectivity index (χ2n) is 4.88. The Morgan fingerprint density at radius 2 is 2.00 bits per heavy atom. The number of unbranched alkanes of at least 4 members (excludes halogenated alkanes) is 2. The summed E-state index contributed by atoms with van der Waals surface area (Å²) in [5.41, 5.74) is 4.90. The Labute approximate surface area is 99.6 Å². The molecule has 0 spiro atoms. The van der Waals surface area contributed by atoms with Crippen LogP contribution in [0.3, 0.4) is 0 Å². The third-order valence-corrected chi connectivity index (χ3v) is 2.90. The maximum Gasteiger partial charge on any atom is 0.237 e. The molecule has 0 saturated heterocycles. The van der Waals surface area contributed by atoms with Crippen molar-refractivity contribution in [2.24, 2.45) is 5.73 Å². The predicted molar refractivity (Wildman–Crippen MR) is 68.3 cm³/mol. The Balaban J connectivity index is 4.06. The molecule has 0 rings (SSSR count). The van der Waals surface area contributed by atoms with Crippen molar-refractivity contribution in [1.29, 1.82) is 0 Å². The Kier molecular flexibility index (Phi) is 7.34. The molecule has 96 valence electrons. The molecule has 0 aromatic rings. The molecule has 0 aromatic heterocycles. The molecule has 0 radical (unpaired) electrons. The predicted octanol–water partition coefficient (Wildman–Crippen LogP) is 0.962. The van der Waals surface area contributed by atoms with Gasteiger partial charge in [0.2, 0.25) is 5.91 Å². The molecule has 0 aliphatic rings. The molecular formula is C12H27N3O. The van der Waals surface area contributed by atoms with E-state index >= 15 is 0 Å². The standard InChI is InChI=1S/C12H27N3O/c1-5-6-7-8-12(2,11(13)16)14-9-10-15(3)4/h14H,5-10H2,1-4H3,(H2,13,16). The molecule has 1 amide bonds. The van der Waals surface area contributed by atoms with Gasteiger partial charge in [-0.05, 0) is 27.4 Å². The summed E-state index contributed by atoms with van der Waals surface area (Å²) in [6, 6.07) is 0. The zero-order valence-electron chi connectivity index (χ0n) is 11.2. The van der Waals surface area contributed by atoms with E-state index in [-0.39, 0.29) is 5.91 Å². The van der Waals surface area contributed by atoms with E-state index in [0.717, 1.165) is 38.8 Å². The molecule has 0 heterocycles. The fraction of sp³-hybridized carbons (Fsp3) is 0.917. The molecule has 0 aliphatic carbocycles. The molecule has 0 aromatic carbocycles. The Bertz CT molecular complexity index is 206. The zero-order chi connectivity index (χ0) is 12.6. The van der Waals surface area contributed by atoms with Crippen LogP contribution in [-0.2, 0) is 4.79 Å². The second kappa shape index (κ2) is 7.63. The summed E-state index contributed by atoms with van der Waals surface area (Å²) in [5.74, 6) is -0.248. The van der Waals surface area contributed by atoms with Crippen LogP contribution in [-0.4, -0.2) is 43.5 Å². The molecule has 1 unspecified atom stereocenters. The van der Waals surface area contributed by atoms with E-state index in [1.165, 1.54) is 0 Å². The highest BCUT2D eigenvalue weighted by Gasteiger charge is 2.29. The first kappa shape index (κ1) is 15.4. The molecule has 3 N–H and O–H groups in total. The molecule has 4 nitrogen and oxygen atoms in total. The molecular weight excluding hydrogens is 202 g/mol. The second-order valence-corrected chi connectivity index (χ2v) is 4.88. The topological polar surface area (TPSA) is 58.4 Å². The first-order valence-corrected chi connectivity index (χ1v) is 6.12. The Hall–Kier alpha value is -0.610. The molecule has 0 aliphatic heterocycles. The first-order valence-electron chi connectivity index (χ1n) is 6.12. The summed E-state index contributed by atoms with van der Waals surface area (Å²) in [5, 5.41) is 3.27. The van der Waals surface area contributed by atoms with Crippen LogP contribution in [0.15, 0.2) is 0 Å². The average molecular weight is 229 g/mol. The summed E-state index contributed by atoms with van der Waals surface area (Å²) >= 11 is 0. The van der Waals surface area contributed by atoms with Crippen LogP contribution in [0.1, 0.15) is 39.5 Å². The van der Waals surface area contributed by atoms with Gasteiger partial charge in [-0.15, -0.1) is 0 Å². The van der Waals surface area contributed by atoms with Crippen molar-refractivity contribution < 1.29 is 4.79 Å². The highest BCUT2D eigenvalue weighted by molar-refractivity contribution is 5.84. The van der Waals surface area contributed by atoms with Crippen LogP contribution in [0.25, 0.3) is 0 Å². The smallest absolute Gasteiger partial charge is 0.237 e. The minimum atomic E-state index is -0.550. The van der Waals surface area contributed by atoms with Gasteiger partial charge in [-0.2, -0.15) is 0 Å². The number of nitrogens with one attached hydrogen (secondary N) is 1. The summed E-state index contributed by atoms with van der Waals surface area (Å²) in [6.45, 7) is 5.76. The van der Waals surface area contributed by atoms with Gasteiger partial charge in [-0.3, -0.25) is 4.79 Å². The number of nitrogens with two attached hydrogens (primary N) is 1. The number of hydrogen-bond donors (Lipinski definition) is 2.